The number of carbonyl (C=O) groups is 1. The maximum Gasteiger partial charge on any atom is 0.271 e. The number of nitrogens with one attached hydrogen (secondary N) is 1. The van der Waals surface area contributed by atoms with Gasteiger partial charge in [0, 0.05) is 5.56 Å². The highest BCUT2D eigenvalue weighted by Gasteiger charge is 2.09. The summed E-state index contributed by atoms with van der Waals surface area (Å²) in [6.45, 7) is 2.71. The van der Waals surface area contributed by atoms with Gasteiger partial charge in [-0.05, 0) is 42.3 Å². The van der Waals surface area contributed by atoms with E-state index >= 15 is 0 Å². The van der Waals surface area contributed by atoms with Crippen LogP contribution in [0.1, 0.15) is 29.3 Å². The molecule has 2 aromatic carbocycles. The third kappa shape index (κ3) is 5.24. The van der Waals surface area contributed by atoms with Crippen LogP contribution in [0.4, 0.5) is 0 Å². The van der Waals surface area contributed by atoms with E-state index in [0.717, 1.165) is 17.7 Å². The molecule has 0 aliphatic heterocycles. The minimum atomic E-state index is -0.337. The van der Waals surface area contributed by atoms with Crippen LogP contribution in [0.15, 0.2) is 47.6 Å². The van der Waals surface area contributed by atoms with Crippen LogP contribution in [0.25, 0.3) is 0 Å². The predicted molar refractivity (Wildman–Crippen MR) is 96.8 cm³/mol. The van der Waals surface area contributed by atoms with Gasteiger partial charge < -0.3 is 14.2 Å². The van der Waals surface area contributed by atoms with Gasteiger partial charge in [-0.25, -0.2) is 5.43 Å². The first-order valence-electron chi connectivity index (χ1n) is 7.96. The lowest BCUT2D eigenvalue weighted by Crippen LogP contribution is -2.17. The fraction of sp³-hybridized carbons (Fsp3) is 0.263. The zero-order chi connectivity index (χ0) is 18.1. The Morgan fingerprint density at radius 1 is 1.12 bits per heavy atom. The Kier molecular flexibility index (Phi) is 6.83. The monoisotopic (exact) mass is 342 g/mol. The Balaban J connectivity index is 2.01. The minimum absolute atomic E-state index is 0.337. The highest BCUT2D eigenvalue weighted by molar-refractivity contribution is 5.95. The topological polar surface area (TPSA) is 69.2 Å². The molecule has 0 aromatic heterocycles. The molecule has 0 atom stereocenters. The zero-order valence-electron chi connectivity index (χ0n) is 14.6. The van der Waals surface area contributed by atoms with Gasteiger partial charge in [-0.2, -0.15) is 5.10 Å². The van der Waals surface area contributed by atoms with Crippen LogP contribution in [-0.2, 0) is 0 Å². The first-order valence-corrected chi connectivity index (χ1v) is 7.96. The summed E-state index contributed by atoms with van der Waals surface area (Å²) in [6, 6.07) is 12.4. The van der Waals surface area contributed by atoms with Crippen LogP contribution in [0.5, 0.6) is 17.2 Å². The zero-order valence-corrected chi connectivity index (χ0v) is 14.6. The van der Waals surface area contributed by atoms with Crippen molar-refractivity contribution >= 4 is 12.1 Å². The van der Waals surface area contributed by atoms with Crippen LogP contribution in [0.3, 0.4) is 0 Å². The summed E-state index contributed by atoms with van der Waals surface area (Å²) in [5, 5.41) is 3.99. The second-order valence-corrected chi connectivity index (χ2v) is 5.19. The summed E-state index contributed by atoms with van der Waals surface area (Å²) in [4.78, 5) is 12.2. The van der Waals surface area contributed by atoms with E-state index in [9.17, 15) is 4.79 Å². The molecule has 1 amide bonds. The smallest absolute Gasteiger partial charge is 0.271 e. The fourth-order valence-corrected chi connectivity index (χ4v) is 2.11. The molecule has 6 nitrogen and oxygen atoms in total. The second-order valence-electron chi connectivity index (χ2n) is 5.19. The molecule has 0 saturated carbocycles. The molecule has 2 rings (SSSR count). The summed E-state index contributed by atoms with van der Waals surface area (Å²) < 4.78 is 15.9. The van der Waals surface area contributed by atoms with Crippen molar-refractivity contribution < 1.29 is 19.0 Å². The first-order chi connectivity index (χ1) is 12.2. The third-order valence-corrected chi connectivity index (χ3v) is 3.36. The highest BCUT2D eigenvalue weighted by atomic mass is 16.5. The predicted octanol–water partition coefficient (Wildman–Crippen LogP) is 3.26. The molecule has 0 unspecified atom stereocenters. The van der Waals surface area contributed by atoms with Gasteiger partial charge in [-0.15, -0.1) is 0 Å². The average Bonchev–Trinajstić information content (AvgIpc) is 2.66. The fourth-order valence-electron chi connectivity index (χ4n) is 2.11. The maximum atomic E-state index is 12.2. The van der Waals surface area contributed by atoms with Gasteiger partial charge in [-0.3, -0.25) is 4.79 Å². The Morgan fingerprint density at radius 3 is 2.64 bits per heavy atom. The number of hydrogen-bond donors (Lipinski definition) is 1. The number of rotatable bonds is 8. The van der Waals surface area contributed by atoms with Crippen molar-refractivity contribution in [2.75, 3.05) is 20.8 Å². The molecule has 1 N–H and O–H groups in total. The van der Waals surface area contributed by atoms with Crippen molar-refractivity contribution in [2.24, 2.45) is 5.10 Å². The second kappa shape index (κ2) is 9.32. The molecule has 6 heteroatoms. The summed E-state index contributed by atoms with van der Waals surface area (Å²) in [6.07, 6.45) is 2.51. The van der Waals surface area contributed by atoms with Crippen LogP contribution >= 0.6 is 0 Å². The molecule has 2 aromatic rings. The van der Waals surface area contributed by atoms with E-state index in [1.165, 1.54) is 7.11 Å². The molecule has 132 valence electrons. The van der Waals surface area contributed by atoms with Crippen LogP contribution in [-0.4, -0.2) is 32.9 Å². The van der Waals surface area contributed by atoms with Gasteiger partial charge in [0.1, 0.15) is 5.75 Å². The van der Waals surface area contributed by atoms with E-state index in [-0.39, 0.29) is 5.91 Å². The van der Waals surface area contributed by atoms with Gasteiger partial charge in [-0.1, -0.05) is 19.1 Å². The lowest BCUT2D eigenvalue weighted by atomic mass is 10.2. The molecule has 0 heterocycles. The largest absolute Gasteiger partial charge is 0.494 e. The Morgan fingerprint density at radius 2 is 1.92 bits per heavy atom. The van der Waals surface area contributed by atoms with Gasteiger partial charge in [0.05, 0.1) is 27.0 Å². The molecule has 0 saturated heterocycles. The molecule has 0 bridgehead atoms. The summed E-state index contributed by atoms with van der Waals surface area (Å²) in [5.74, 6) is 1.49. The van der Waals surface area contributed by atoms with Crippen molar-refractivity contribution in [3.05, 3.63) is 53.6 Å². The number of hydrazone groups is 1. The number of hydrogen-bond acceptors (Lipinski definition) is 5. The number of amides is 1. The molecule has 25 heavy (non-hydrogen) atoms. The Labute approximate surface area is 147 Å². The lowest BCUT2D eigenvalue weighted by molar-refractivity contribution is 0.0954. The third-order valence-electron chi connectivity index (χ3n) is 3.36. The summed E-state index contributed by atoms with van der Waals surface area (Å²) in [7, 11) is 3.06. The van der Waals surface area contributed by atoms with Crippen molar-refractivity contribution in [2.45, 2.75) is 13.3 Å². The van der Waals surface area contributed by atoms with Gasteiger partial charge in [0.25, 0.3) is 5.91 Å². The van der Waals surface area contributed by atoms with E-state index in [0.29, 0.717) is 23.7 Å². The minimum Gasteiger partial charge on any atom is -0.494 e. The summed E-state index contributed by atoms with van der Waals surface area (Å²) in [5.41, 5.74) is 3.75. The standard InChI is InChI=1S/C19H22N2O4/c1-4-10-25-16-7-5-6-14(11-16)13-20-21-19(22)15-8-9-17(23-2)18(12-15)24-3/h5-9,11-13H,4,10H2,1-3H3,(H,21,22)/b20-13+. The van der Waals surface area contributed by atoms with E-state index in [2.05, 4.69) is 17.5 Å². The SMILES string of the molecule is CCCOc1cccc(/C=N/NC(=O)c2ccc(OC)c(OC)c2)c1. The van der Waals surface area contributed by atoms with E-state index in [1.54, 1.807) is 31.5 Å². The van der Waals surface area contributed by atoms with E-state index in [4.69, 9.17) is 14.2 Å². The molecule has 0 fully saturated rings. The van der Waals surface area contributed by atoms with Crippen molar-refractivity contribution in [3.63, 3.8) is 0 Å². The Bertz CT molecular complexity index is 744. The van der Waals surface area contributed by atoms with E-state index < -0.39 is 0 Å². The van der Waals surface area contributed by atoms with Crippen LogP contribution < -0.4 is 19.6 Å². The van der Waals surface area contributed by atoms with Gasteiger partial charge >= 0.3 is 0 Å². The van der Waals surface area contributed by atoms with Crippen molar-refractivity contribution in [1.29, 1.82) is 0 Å². The normalized spacial score (nSPS) is 10.5. The molecular formula is C19H22N2O4. The first kappa shape index (κ1) is 18.3. The van der Waals surface area contributed by atoms with E-state index in [1.807, 2.05) is 24.3 Å². The number of benzene rings is 2. The maximum absolute atomic E-state index is 12.2. The summed E-state index contributed by atoms with van der Waals surface area (Å²) >= 11 is 0. The van der Waals surface area contributed by atoms with Gasteiger partial charge in [0.2, 0.25) is 0 Å². The van der Waals surface area contributed by atoms with Gasteiger partial charge in [0.15, 0.2) is 11.5 Å². The number of ether oxygens (including phenoxy) is 3. The quantitative estimate of drug-likeness (QED) is 0.590. The number of methoxy groups -OCH3 is 2. The van der Waals surface area contributed by atoms with Crippen LogP contribution in [0, 0.1) is 0 Å². The van der Waals surface area contributed by atoms with Crippen molar-refractivity contribution in [3.8, 4) is 17.2 Å². The lowest BCUT2D eigenvalue weighted by Gasteiger charge is -2.08. The number of nitrogens with zero attached hydrogens (tertiary/aromatic N) is 1. The Hall–Kier alpha value is -3.02. The highest BCUT2D eigenvalue weighted by Crippen LogP contribution is 2.27. The average molecular weight is 342 g/mol. The molecular weight excluding hydrogens is 320 g/mol. The van der Waals surface area contributed by atoms with Crippen molar-refractivity contribution in [1.82, 2.24) is 5.43 Å². The number of carbonyl (C=O) groups excluding carboxylic acids is 1. The molecule has 0 aliphatic carbocycles. The molecule has 0 aliphatic rings. The molecule has 0 radical (unpaired) electrons. The molecule has 0 spiro atoms. The van der Waals surface area contributed by atoms with Crippen LogP contribution in [0.2, 0.25) is 0 Å².